The van der Waals surface area contributed by atoms with Gasteiger partial charge in [-0.15, -0.1) is 18.3 Å². The molecule has 26 heavy (non-hydrogen) atoms. The number of hydrogen-bond acceptors (Lipinski definition) is 4. The quantitative estimate of drug-likeness (QED) is 0.824. The van der Waals surface area contributed by atoms with E-state index < -0.39 is 12.2 Å². The Morgan fingerprint density at radius 3 is 2.46 bits per heavy atom. The van der Waals surface area contributed by atoms with Gasteiger partial charge in [-0.3, -0.25) is 4.68 Å². The van der Waals surface area contributed by atoms with Crippen molar-refractivity contribution in [2.24, 2.45) is 5.92 Å². The van der Waals surface area contributed by atoms with E-state index in [2.05, 4.69) is 9.84 Å². The summed E-state index contributed by atoms with van der Waals surface area (Å²) >= 11 is 0. The number of aromatic nitrogens is 2. The molecule has 1 aromatic heterocycles. The average Bonchev–Trinajstić information content (AvgIpc) is 2.95. The lowest BCUT2D eigenvalue weighted by molar-refractivity contribution is -0.276. The summed E-state index contributed by atoms with van der Waals surface area (Å²) in [5, 5.41) is 3.86. The third kappa shape index (κ3) is 5.14. The van der Waals surface area contributed by atoms with Crippen LogP contribution in [-0.2, 0) is 11.3 Å². The first-order valence-electron chi connectivity index (χ1n) is 8.63. The predicted molar refractivity (Wildman–Crippen MR) is 90.4 cm³/mol. The summed E-state index contributed by atoms with van der Waals surface area (Å²) < 4.78 is 48.1. The molecular weight excluding hydrogens is 347 g/mol. The van der Waals surface area contributed by atoms with E-state index in [9.17, 15) is 13.2 Å². The van der Waals surface area contributed by atoms with Gasteiger partial charge in [-0.05, 0) is 37.2 Å². The van der Waals surface area contributed by atoms with Crippen molar-refractivity contribution in [2.45, 2.75) is 44.7 Å². The number of nitrogen functional groups attached to an aromatic ring is 1. The molecule has 1 aromatic carbocycles. The van der Waals surface area contributed by atoms with Crippen LogP contribution in [0.5, 0.6) is 5.88 Å². The van der Waals surface area contributed by atoms with Gasteiger partial charge in [0.2, 0.25) is 0 Å². The molecule has 1 aliphatic carbocycles. The summed E-state index contributed by atoms with van der Waals surface area (Å²) in [5.41, 5.74) is 6.62. The molecule has 0 spiro atoms. The number of anilines is 1. The molecule has 0 amide bonds. The summed E-state index contributed by atoms with van der Waals surface area (Å²) in [6, 6.07) is 10.0. The van der Waals surface area contributed by atoms with E-state index >= 15 is 0 Å². The molecule has 1 heterocycles. The van der Waals surface area contributed by atoms with E-state index in [-0.39, 0.29) is 11.7 Å². The lowest BCUT2D eigenvalue weighted by Gasteiger charge is -2.28. The minimum absolute atomic E-state index is 0.0354. The van der Waals surface area contributed by atoms with Gasteiger partial charge in [0.1, 0.15) is 5.69 Å². The van der Waals surface area contributed by atoms with Gasteiger partial charge in [0.25, 0.3) is 5.88 Å². The van der Waals surface area contributed by atoms with Gasteiger partial charge in [0.05, 0.1) is 18.8 Å². The molecule has 1 fully saturated rings. The predicted octanol–water partition coefficient (Wildman–Crippen LogP) is 4.31. The SMILES string of the molecule is Nc1cn([C@H]2CC[C@H](COCc3ccccc3)CC2)nc1OC(F)(F)F. The first kappa shape index (κ1) is 18.6. The van der Waals surface area contributed by atoms with Crippen molar-refractivity contribution in [2.75, 3.05) is 12.3 Å². The van der Waals surface area contributed by atoms with Crippen molar-refractivity contribution >= 4 is 5.69 Å². The highest BCUT2D eigenvalue weighted by atomic mass is 19.4. The van der Waals surface area contributed by atoms with Crippen molar-refractivity contribution in [1.82, 2.24) is 9.78 Å². The second kappa shape index (κ2) is 7.99. The molecule has 1 aliphatic rings. The van der Waals surface area contributed by atoms with Crippen LogP contribution >= 0.6 is 0 Å². The zero-order valence-electron chi connectivity index (χ0n) is 14.3. The standard InChI is InChI=1S/C18H22F3N3O2/c19-18(20,21)26-17-16(22)10-24(23-17)15-8-6-14(7-9-15)12-25-11-13-4-2-1-3-5-13/h1-5,10,14-15H,6-9,11-12,22H2/t14-,15-. The van der Waals surface area contributed by atoms with Gasteiger partial charge in [0, 0.05) is 6.61 Å². The van der Waals surface area contributed by atoms with Gasteiger partial charge < -0.3 is 15.2 Å². The smallest absolute Gasteiger partial charge is 0.393 e. The van der Waals surface area contributed by atoms with Crippen LogP contribution in [0.25, 0.3) is 0 Å². The van der Waals surface area contributed by atoms with Crippen LogP contribution in [0.3, 0.4) is 0 Å². The first-order chi connectivity index (χ1) is 12.4. The summed E-state index contributed by atoms with van der Waals surface area (Å²) in [7, 11) is 0. The largest absolute Gasteiger partial charge is 0.574 e. The Morgan fingerprint density at radius 2 is 1.81 bits per heavy atom. The lowest BCUT2D eigenvalue weighted by Crippen LogP contribution is -2.22. The molecule has 0 aliphatic heterocycles. The molecule has 3 rings (SSSR count). The van der Waals surface area contributed by atoms with E-state index in [1.54, 1.807) is 0 Å². The first-order valence-corrected chi connectivity index (χ1v) is 8.63. The third-order valence-corrected chi connectivity index (χ3v) is 4.59. The van der Waals surface area contributed by atoms with Gasteiger partial charge in [-0.1, -0.05) is 30.3 Å². The van der Waals surface area contributed by atoms with E-state index in [0.29, 0.717) is 19.1 Å². The third-order valence-electron chi connectivity index (χ3n) is 4.59. The van der Waals surface area contributed by atoms with Crippen LogP contribution in [-0.4, -0.2) is 22.7 Å². The molecule has 0 radical (unpaired) electrons. The van der Waals surface area contributed by atoms with Crippen LogP contribution in [0.4, 0.5) is 18.9 Å². The van der Waals surface area contributed by atoms with Crippen LogP contribution < -0.4 is 10.5 Å². The number of nitrogens with two attached hydrogens (primary N) is 1. The molecule has 142 valence electrons. The van der Waals surface area contributed by atoms with Gasteiger partial charge in [0.15, 0.2) is 0 Å². The van der Waals surface area contributed by atoms with Crippen molar-refractivity contribution in [3.63, 3.8) is 0 Å². The molecule has 0 unspecified atom stereocenters. The Kier molecular flexibility index (Phi) is 5.70. The fourth-order valence-electron chi connectivity index (χ4n) is 3.26. The number of alkyl halides is 3. The number of rotatable bonds is 6. The fourth-order valence-corrected chi connectivity index (χ4v) is 3.26. The Bertz CT molecular complexity index is 695. The molecule has 5 nitrogen and oxygen atoms in total. The molecular formula is C18H22F3N3O2. The van der Waals surface area contributed by atoms with Crippen LogP contribution in [0.15, 0.2) is 36.5 Å². The van der Waals surface area contributed by atoms with Gasteiger partial charge in [-0.25, -0.2) is 0 Å². The van der Waals surface area contributed by atoms with Crippen molar-refractivity contribution in [3.8, 4) is 5.88 Å². The zero-order chi connectivity index (χ0) is 18.6. The monoisotopic (exact) mass is 369 g/mol. The van der Waals surface area contributed by atoms with E-state index in [1.165, 1.54) is 10.9 Å². The molecule has 8 heteroatoms. The van der Waals surface area contributed by atoms with E-state index in [4.69, 9.17) is 10.5 Å². The second-order valence-electron chi connectivity index (χ2n) is 6.59. The maximum absolute atomic E-state index is 12.3. The number of hydrogen-bond donors (Lipinski definition) is 1. The minimum Gasteiger partial charge on any atom is -0.393 e. The number of benzene rings is 1. The second-order valence-corrected chi connectivity index (χ2v) is 6.59. The molecule has 2 aromatic rings. The van der Waals surface area contributed by atoms with Gasteiger partial charge >= 0.3 is 6.36 Å². The highest BCUT2D eigenvalue weighted by molar-refractivity contribution is 5.46. The maximum Gasteiger partial charge on any atom is 0.574 e. The Balaban J connectivity index is 1.45. The Morgan fingerprint density at radius 1 is 1.12 bits per heavy atom. The van der Waals surface area contributed by atoms with Crippen molar-refractivity contribution < 1.29 is 22.6 Å². The fraction of sp³-hybridized carbons (Fsp3) is 0.500. The van der Waals surface area contributed by atoms with E-state index in [1.807, 2.05) is 30.3 Å². The molecule has 0 bridgehead atoms. The summed E-state index contributed by atoms with van der Waals surface area (Å²) in [5.74, 6) is -0.125. The zero-order valence-corrected chi connectivity index (χ0v) is 14.3. The number of ether oxygens (including phenoxy) is 2. The summed E-state index contributed by atoms with van der Waals surface area (Å²) in [6.07, 6.45) is 0.153. The topological polar surface area (TPSA) is 62.3 Å². The lowest BCUT2D eigenvalue weighted by atomic mass is 9.86. The summed E-state index contributed by atoms with van der Waals surface area (Å²) in [6.45, 7) is 1.28. The molecule has 0 saturated heterocycles. The van der Waals surface area contributed by atoms with Crippen LogP contribution in [0, 0.1) is 5.92 Å². The average molecular weight is 369 g/mol. The number of nitrogens with zero attached hydrogens (tertiary/aromatic N) is 2. The van der Waals surface area contributed by atoms with Gasteiger partial charge in [-0.2, -0.15) is 0 Å². The Labute approximate surface area is 149 Å². The Hall–Kier alpha value is -2.22. The van der Waals surface area contributed by atoms with Crippen LogP contribution in [0.1, 0.15) is 37.3 Å². The van der Waals surface area contributed by atoms with Crippen molar-refractivity contribution in [1.29, 1.82) is 0 Å². The highest BCUT2D eigenvalue weighted by Gasteiger charge is 2.34. The maximum atomic E-state index is 12.3. The molecule has 2 N–H and O–H groups in total. The van der Waals surface area contributed by atoms with E-state index in [0.717, 1.165) is 31.2 Å². The van der Waals surface area contributed by atoms with Crippen molar-refractivity contribution in [3.05, 3.63) is 42.1 Å². The summed E-state index contributed by atoms with van der Waals surface area (Å²) in [4.78, 5) is 0. The minimum atomic E-state index is -4.79. The number of halogens is 3. The molecule has 0 atom stereocenters. The molecule has 1 saturated carbocycles. The normalized spacial score (nSPS) is 20.9. The van der Waals surface area contributed by atoms with Crippen LogP contribution in [0.2, 0.25) is 0 Å². The highest BCUT2D eigenvalue weighted by Crippen LogP contribution is 2.35.